The number of hydrogen-bond donors (Lipinski definition) is 2. The minimum Gasteiger partial charge on any atom is -0.317 e. The summed E-state index contributed by atoms with van der Waals surface area (Å²) >= 11 is 0. The summed E-state index contributed by atoms with van der Waals surface area (Å²) in [5.74, 6) is -0.328. The van der Waals surface area contributed by atoms with E-state index in [1.165, 1.54) is 5.56 Å². The Morgan fingerprint density at radius 2 is 1.86 bits per heavy atom. The minimum atomic E-state index is -0.631. The fraction of sp³-hybridized carbons (Fsp3) is 0.409. The zero-order valence-corrected chi connectivity index (χ0v) is 15.7. The molecule has 0 spiro atoms. The highest BCUT2D eigenvalue weighted by molar-refractivity contribution is 6.27. The average Bonchev–Trinajstić information content (AvgIpc) is 2.87. The highest BCUT2D eigenvalue weighted by atomic mass is 16.2. The lowest BCUT2D eigenvalue weighted by molar-refractivity contribution is -0.134. The molecule has 2 saturated heterocycles. The van der Waals surface area contributed by atoms with Crippen LogP contribution in [0.15, 0.2) is 30.3 Å². The van der Waals surface area contributed by atoms with E-state index in [1.54, 1.807) is 4.90 Å². The van der Waals surface area contributed by atoms with Crippen LogP contribution in [-0.4, -0.2) is 36.9 Å². The number of anilines is 1. The van der Waals surface area contributed by atoms with Crippen molar-refractivity contribution in [3.8, 4) is 0 Å². The van der Waals surface area contributed by atoms with E-state index < -0.39 is 6.04 Å². The van der Waals surface area contributed by atoms with Crippen LogP contribution in [0, 0.1) is 0 Å². The van der Waals surface area contributed by atoms with E-state index in [4.69, 9.17) is 0 Å². The first kappa shape index (κ1) is 17.4. The number of imide groups is 1. The molecule has 0 radical (unpaired) electrons. The lowest BCUT2D eigenvalue weighted by atomic mass is 9.87. The van der Waals surface area contributed by atoms with Gasteiger partial charge < -0.3 is 5.32 Å². The summed E-state index contributed by atoms with van der Waals surface area (Å²) in [4.78, 5) is 38.8. The quantitative estimate of drug-likeness (QED) is 0.788. The standard InChI is InChI=1S/C22H23N3O3/c26-19-9-8-18(21(27)24-19)25-17-5-1-4-15-14(13-3-2-11-23-12-10-13)6-7-16(20(15)17)22(25)28/h1,4-7,13,18,23H,2-3,8-12H2,(H,24,26,27)/t13-,18?/m0/s1. The Bertz CT molecular complexity index is 992. The molecular weight excluding hydrogens is 354 g/mol. The van der Waals surface area contributed by atoms with Gasteiger partial charge in [-0.2, -0.15) is 0 Å². The van der Waals surface area contributed by atoms with Crippen LogP contribution in [0.1, 0.15) is 53.9 Å². The van der Waals surface area contributed by atoms with Gasteiger partial charge in [-0.25, -0.2) is 0 Å². The Morgan fingerprint density at radius 3 is 2.71 bits per heavy atom. The lowest BCUT2D eigenvalue weighted by Gasteiger charge is -2.30. The molecule has 3 aliphatic heterocycles. The Labute approximate surface area is 163 Å². The van der Waals surface area contributed by atoms with Crippen molar-refractivity contribution in [3.63, 3.8) is 0 Å². The molecule has 0 saturated carbocycles. The molecule has 3 heterocycles. The van der Waals surface area contributed by atoms with Gasteiger partial charge in [0.1, 0.15) is 6.04 Å². The Hall–Kier alpha value is -2.73. The summed E-state index contributed by atoms with van der Waals surface area (Å²) in [5.41, 5.74) is 2.74. The Morgan fingerprint density at radius 1 is 0.964 bits per heavy atom. The second kappa shape index (κ2) is 6.71. The molecule has 3 amide bonds. The number of benzene rings is 2. The summed E-state index contributed by atoms with van der Waals surface area (Å²) in [6, 6.07) is 9.37. The third kappa shape index (κ3) is 2.63. The third-order valence-electron chi connectivity index (χ3n) is 6.30. The van der Waals surface area contributed by atoms with Gasteiger partial charge in [0.05, 0.1) is 5.69 Å². The summed E-state index contributed by atoms with van der Waals surface area (Å²) in [6.45, 7) is 2.06. The molecule has 0 bridgehead atoms. The molecule has 2 aromatic rings. The van der Waals surface area contributed by atoms with E-state index in [2.05, 4.69) is 22.8 Å². The highest BCUT2D eigenvalue weighted by Gasteiger charge is 2.41. The van der Waals surface area contributed by atoms with Crippen LogP contribution in [0.3, 0.4) is 0 Å². The van der Waals surface area contributed by atoms with E-state index in [9.17, 15) is 14.4 Å². The van der Waals surface area contributed by atoms with Crippen LogP contribution in [0.25, 0.3) is 10.8 Å². The number of carbonyl (C=O) groups is 3. The number of piperidine rings is 1. The van der Waals surface area contributed by atoms with Gasteiger partial charge in [-0.05, 0) is 67.8 Å². The van der Waals surface area contributed by atoms with Crippen LogP contribution in [-0.2, 0) is 9.59 Å². The molecule has 2 N–H and O–H groups in total. The average molecular weight is 377 g/mol. The van der Waals surface area contributed by atoms with E-state index >= 15 is 0 Å². The normalized spacial score (nSPS) is 25.1. The first-order chi connectivity index (χ1) is 13.6. The first-order valence-corrected chi connectivity index (χ1v) is 10.1. The van der Waals surface area contributed by atoms with Crippen molar-refractivity contribution in [1.29, 1.82) is 0 Å². The largest absolute Gasteiger partial charge is 0.317 e. The molecule has 2 fully saturated rings. The molecule has 5 rings (SSSR count). The van der Waals surface area contributed by atoms with Gasteiger partial charge in [-0.3, -0.25) is 24.6 Å². The number of nitrogens with zero attached hydrogens (tertiary/aromatic N) is 1. The second-order valence-electron chi connectivity index (χ2n) is 7.92. The van der Waals surface area contributed by atoms with Gasteiger partial charge in [0.25, 0.3) is 5.91 Å². The predicted octanol–water partition coefficient (Wildman–Crippen LogP) is 2.46. The lowest BCUT2D eigenvalue weighted by Crippen LogP contribution is -2.53. The maximum absolute atomic E-state index is 13.2. The van der Waals surface area contributed by atoms with Gasteiger partial charge in [0.15, 0.2) is 0 Å². The SMILES string of the molecule is O=C1CCC(N2C(=O)c3ccc([C@H]4CCCNCC4)c4cccc2c34)C(=O)N1. The maximum atomic E-state index is 13.2. The molecule has 1 unspecified atom stereocenters. The van der Waals surface area contributed by atoms with E-state index in [0.717, 1.165) is 48.8 Å². The van der Waals surface area contributed by atoms with Crippen LogP contribution in [0.4, 0.5) is 5.69 Å². The Balaban J connectivity index is 1.60. The van der Waals surface area contributed by atoms with Crippen molar-refractivity contribution < 1.29 is 14.4 Å². The fourth-order valence-electron chi connectivity index (χ4n) is 4.95. The number of carbonyl (C=O) groups excluding carboxylic acids is 3. The van der Waals surface area contributed by atoms with Crippen molar-refractivity contribution in [1.82, 2.24) is 10.6 Å². The molecular formula is C22H23N3O3. The summed E-state index contributed by atoms with van der Waals surface area (Å²) in [6.07, 6.45) is 3.99. The first-order valence-electron chi connectivity index (χ1n) is 10.1. The van der Waals surface area contributed by atoms with Crippen LogP contribution >= 0.6 is 0 Å². The summed E-state index contributed by atoms with van der Waals surface area (Å²) in [7, 11) is 0. The van der Waals surface area contributed by atoms with Gasteiger partial charge in [0.2, 0.25) is 11.8 Å². The van der Waals surface area contributed by atoms with Crippen LogP contribution in [0.2, 0.25) is 0 Å². The van der Waals surface area contributed by atoms with E-state index in [-0.39, 0.29) is 24.1 Å². The van der Waals surface area contributed by atoms with Crippen molar-refractivity contribution >= 4 is 34.2 Å². The van der Waals surface area contributed by atoms with Crippen molar-refractivity contribution in [2.24, 2.45) is 0 Å². The highest BCUT2D eigenvalue weighted by Crippen LogP contribution is 2.43. The van der Waals surface area contributed by atoms with Crippen molar-refractivity contribution in [3.05, 3.63) is 41.5 Å². The number of hydrogen-bond acceptors (Lipinski definition) is 4. The van der Waals surface area contributed by atoms with Crippen molar-refractivity contribution in [2.45, 2.75) is 44.1 Å². The number of rotatable bonds is 2. The topological polar surface area (TPSA) is 78.5 Å². The number of amides is 3. The Kier molecular flexibility index (Phi) is 4.16. The van der Waals surface area contributed by atoms with Crippen LogP contribution < -0.4 is 15.5 Å². The molecule has 2 aromatic carbocycles. The van der Waals surface area contributed by atoms with Crippen LogP contribution in [0.5, 0.6) is 0 Å². The molecule has 0 aliphatic carbocycles. The molecule has 3 aliphatic rings. The van der Waals surface area contributed by atoms with Crippen molar-refractivity contribution in [2.75, 3.05) is 18.0 Å². The van der Waals surface area contributed by atoms with Gasteiger partial charge in [0, 0.05) is 17.4 Å². The zero-order chi connectivity index (χ0) is 19.3. The molecule has 6 nitrogen and oxygen atoms in total. The predicted molar refractivity (Wildman–Crippen MR) is 106 cm³/mol. The zero-order valence-electron chi connectivity index (χ0n) is 15.7. The summed E-state index contributed by atoms with van der Waals surface area (Å²) < 4.78 is 0. The summed E-state index contributed by atoms with van der Waals surface area (Å²) in [5, 5.41) is 7.90. The van der Waals surface area contributed by atoms with E-state index in [1.807, 2.05) is 18.2 Å². The molecule has 6 heteroatoms. The minimum absolute atomic E-state index is 0.144. The van der Waals surface area contributed by atoms with E-state index in [0.29, 0.717) is 17.9 Å². The maximum Gasteiger partial charge on any atom is 0.259 e. The molecule has 0 aromatic heterocycles. The number of nitrogens with one attached hydrogen (secondary N) is 2. The molecule has 28 heavy (non-hydrogen) atoms. The third-order valence-corrected chi connectivity index (χ3v) is 6.30. The van der Waals surface area contributed by atoms with Gasteiger partial charge >= 0.3 is 0 Å². The molecule has 2 atom stereocenters. The fourth-order valence-corrected chi connectivity index (χ4v) is 4.95. The smallest absolute Gasteiger partial charge is 0.259 e. The molecule has 144 valence electrons. The second-order valence-corrected chi connectivity index (χ2v) is 7.92. The van der Waals surface area contributed by atoms with Gasteiger partial charge in [-0.1, -0.05) is 18.2 Å². The monoisotopic (exact) mass is 377 g/mol. The van der Waals surface area contributed by atoms with Gasteiger partial charge in [-0.15, -0.1) is 0 Å².